The molecule has 1 aromatic carbocycles. The Bertz CT molecular complexity index is 647. The Morgan fingerprint density at radius 2 is 1.89 bits per heavy atom. The van der Waals surface area contributed by atoms with Gasteiger partial charge < -0.3 is 10.3 Å². The Labute approximate surface area is 107 Å². The van der Waals surface area contributed by atoms with Crippen molar-refractivity contribution in [2.24, 2.45) is 0 Å². The second kappa shape index (κ2) is 4.79. The van der Waals surface area contributed by atoms with Gasteiger partial charge in [0.15, 0.2) is 0 Å². The van der Waals surface area contributed by atoms with E-state index < -0.39 is 11.7 Å². The van der Waals surface area contributed by atoms with E-state index in [4.69, 9.17) is 5.73 Å². The topological polar surface area (TPSA) is 48.0 Å². The van der Waals surface area contributed by atoms with Gasteiger partial charge in [-0.25, -0.2) is 0 Å². The Morgan fingerprint density at radius 1 is 1.16 bits per heavy atom. The van der Waals surface area contributed by atoms with Crippen molar-refractivity contribution < 1.29 is 13.2 Å². The van der Waals surface area contributed by atoms with Gasteiger partial charge >= 0.3 is 6.18 Å². The standard InChI is InChI=1S/C13H11F3N2O/c14-13(15,16)10-3-1-2-9(6-10)7-18-8-11(17)4-5-12(18)19/h1-6,8H,7,17H2. The number of nitrogens with two attached hydrogens (primary N) is 1. The van der Waals surface area contributed by atoms with E-state index in [2.05, 4.69) is 0 Å². The third kappa shape index (κ3) is 3.15. The first kappa shape index (κ1) is 13.2. The second-order valence-electron chi connectivity index (χ2n) is 4.13. The summed E-state index contributed by atoms with van der Waals surface area (Å²) < 4.78 is 39.0. The molecule has 0 aliphatic rings. The molecule has 0 saturated heterocycles. The first-order chi connectivity index (χ1) is 8.86. The van der Waals surface area contributed by atoms with Crippen LogP contribution in [-0.2, 0) is 12.7 Å². The van der Waals surface area contributed by atoms with E-state index in [0.29, 0.717) is 11.3 Å². The Balaban J connectivity index is 2.34. The predicted molar refractivity (Wildman–Crippen MR) is 65.7 cm³/mol. The molecule has 0 bridgehead atoms. The van der Waals surface area contributed by atoms with E-state index in [9.17, 15) is 18.0 Å². The zero-order chi connectivity index (χ0) is 14.0. The zero-order valence-electron chi connectivity index (χ0n) is 9.82. The fraction of sp³-hybridized carbons (Fsp3) is 0.154. The molecule has 2 N–H and O–H groups in total. The fourth-order valence-electron chi connectivity index (χ4n) is 1.72. The summed E-state index contributed by atoms with van der Waals surface area (Å²) in [6.07, 6.45) is -2.99. The second-order valence-corrected chi connectivity index (χ2v) is 4.13. The quantitative estimate of drug-likeness (QED) is 0.909. The number of anilines is 1. The molecule has 100 valence electrons. The summed E-state index contributed by atoms with van der Waals surface area (Å²) in [5, 5.41) is 0. The molecule has 19 heavy (non-hydrogen) atoms. The maximum atomic E-state index is 12.6. The average molecular weight is 268 g/mol. The van der Waals surface area contributed by atoms with Gasteiger partial charge in [-0.2, -0.15) is 13.2 Å². The molecule has 0 unspecified atom stereocenters. The molecule has 0 radical (unpaired) electrons. The van der Waals surface area contributed by atoms with Crippen LogP contribution < -0.4 is 11.3 Å². The number of hydrogen-bond donors (Lipinski definition) is 1. The van der Waals surface area contributed by atoms with Crippen LogP contribution in [0.2, 0.25) is 0 Å². The van der Waals surface area contributed by atoms with Crippen LogP contribution in [0, 0.1) is 0 Å². The average Bonchev–Trinajstić information content (AvgIpc) is 2.33. The minimum atomic E-state index is -4.39. The monoisotopic (exact) mass is 268 g/mol. The number of halogens is 3. The van der Waals surface area contributed by atoms with Crippen molar-refractivity contribution in [1.82, 2.24) is 4.57 Å². The summed E-state index contributed by atoms with van der Waals surface area (Å²) in [7, 11) is 0. The number of pyridine rings is 1. The fourth-order valence-corrected chi connectivity index (χ4v) is 1.72. The van der Waals surface area contributed by atoms with Crippen LogP contribution in [0.4, 0.5) is 18.9 Å². The molecule has 0 atom stereocenters. The highest BCUT2D eigenvalue weighted by Gasteiger charge is 2.30. The van der Waals surface area contributed by atoms with Crippen molar-refractivity contribution in [3.63, 3.8) is 0 Å². The van der Waals surface area contributed by atoms with Gasteiger partial charge in [0.05, 0.1) is 12.1 Å². The highest BCUT2D eigenvalue weighted by molar-refractivity contribution is 5.34. The molecule has 2 rings (SSSR count). The molecule has 0 fully saturated rings. The van der Waals surface area contributed by atoms with E-state index in [1.54, 1.807) is 0 Å². The van der Waals surface area contributed by atoms with E-state index in [1.807, 2.05) is 0 Å². The van der Waals surface area contributed by atoms with Gasteiger partial charge in [0.1, 0.15) is 0 Å². The maximum Gasteiger partial charge on any atom is 0.416 e. The molecule has 0 saturated carbocycles. The summed E-state index contributed by atoms with van der Waals surface area (Å²) in [5.74, 6) is 0. The third-order valence-electron chi connectivity index (χ3n) is 2.61. The normalized spacial score (nSPS) is 11.5. The van der Waals surface area contributed by atoms with Crippen molar-refractivity contribution in [3.8, 4) is 0 Å². The van der Waals surface area contributed by atoms with Crippen molar-refractivity contribution in [2.45, 2.75) is 12.7 Å². The highest BCUT2D eigenvalue weighted by Crippen LogP contribution is 2.29. The van der Waals surface area contributed by atoms with Gasteiger partial charge in [0.2, 0.25) is 0 Å². The minimum absolute atomic E-state index is 0.0494. The van der Waals surface area contributed by atoms with Crippen LogP contribution in [0.3, 0.4) is 0 Å². The predicted octanol–water partition coefficient (Wildman–Crippen LogP) is 2.50. The number of hydrogen-bond acceptors (Lipinski definition) is 2. The molecule has 0 aliphatic heterocycles. The Morgan fingerprint density at radius 3 is 2.58 bits per heavy atom. The maximum absolute atomic E-state index is 12.6. The van der Waals surface area contributed by atoms with Crippen LogP contribution in [0.1, 0.15) is 11.1 Å². The molecule has 0 aliphatic carbocycles. The number of nitrogen functional groups attached to an aromatic ring is 1. The van der Waals surface area contributed by atoms with Crippen LogP contribution >= 0.6 is 0 Å². The first-order valence-corrected chi connectivity index (χ1v) is 5.48. The summed E-state index contributed by atoms with van der Waals surface area (Å²) in [6.45, 7) is 0.0494. The first-order valence-electron chi connectivity index (χ1n) is 5.48. The van der Waals surface area contributed by atoms with Gasteiger partial charge in [-0.15, -0.1) is 0 Å². The van der Waals surface area contributed by atoms with E-state index >= 15 is 0 Å². The van der Waals surface area contributed by atoms with E-state index in [-0.39, 0.29) is 12.1 Å². The number of benzene rings is 1. The van der Waals surface area contributed by atoms with Crippen molar-refractivity contribution >= 4 is 5.69 Å². The van der Waals surface area contributed by atoms with Crippen LogP contribution in [-0.4, -0.2) is 4.57 Å². The third-order valence-corrected chi connectivity index (χ3v) is 2.61. The number of nitrogens with zero attached hydrogens (tertiary/aromatic N) is 1. The van der Waals surface area contributed by atoms with Gasteiger partial charge in [0.25, 0.3) is 5.56 Å². The number of rotatable bonds is 2. The van der Waals surface area contributed by atoms with Crippen LogP contribution in [0.25, 0.3) is 0 Å². The highest BCUT2D eigenvalue weighted by atomic mass is 19.4. The number of alkyl halides is 3. The van der Waals surface area contributed by atoms with Gasteiger partial charge in [-0.3, -0.25) is 4.79 Å². The lowest BCUT2D eigenvalue weighted by molar-refractivity contribution is -0.137. The molecule has 1 heterocycles. The molecular formula is C13H11F3N2O. The van der Waals surface area contributed by atoms with Crippen molar-refractivity contribution in [1.29, 1.82) is 0 Å². The summed E-state index contributed by atoms with van der Waals surface area (Å²) in [5.41, 5.74) is 5.27. The van der Waals surface area contributed by atoms with Gasteiger partial charge in [-0.05, 0) is 23.8 Å². The zero-order valence-corrected chi connectivity index (χ0v) is 9.82. The molecule has 1 aromatic heterocycles. The summed E-state index contributed by atoms with van der Waals surface area (Å²) >= 11 is 0. The van der Waals surface area contributed by atoms with Crippen LogP contribution in [0.15, 0.2) is 47.4 Å². The molecule has 3 nitrogen and oxygen atoms in total. The molecular weight excluding hydrogens is 257 g/mol. The van der Waals surface area contributed by atoms with Crippen molar-refractivity contribution in [3.05, 3.63) is 64.1 Å². The lowest BCUT2D eigenvalue weighted by atomic mass is 10.1. The lowest BCUT2D eigenvalue weighted by Gasteiger charge is -2.10. The SMILES string of the molecule is Nc1ccc(=O)n(Cc2cccc(C(F)(F)F)c2)c1. The smallest absolute Gasteiger partial charge is 0.398 e. The Kier molecular flexibility index (Phi) is 3.33. The van der Waals surface area contributed by atoms with Gasteiger partial charge in [-0.1, -0.05) is 12.1 Å². The molecule has 2 aromatic rings. The Hall–Kier alpha value is -2.24. The molecule has 6 heteroatoms. The van der Waals surface area contributed by atoms with E-state index in [0.717, 1.165) is 12.1 Å². The van der Waals surface area contributed by atoms with Gasteiger partial charge in [0, 0.05) is 18.0 Å². The summed E-state index contributed by atoms with van der Waals surface area (Å²) in [4.78, 5) is 11.5. The number of aromatic nitrogens is 1. The van der Waals surface area contributed by atoms with Crippen LogP contribution in [0.5, 0.6) is 0 Å². The van der Waals surface area contributed by atoms with E-state index in [1.165, 1.54) is 35.0 Å². The summed E-state index contributed by atoms with van der Waals surface area (Å²) in [6, 6.07) is 7.59. The molecule has 0 amide bonds. The largest absolute Gasteiger partial charge is 0.416 e. The lowest BCUT2D eigenvalue weighted by Crippen LogP contribution is -2.19. The van der Waals surface area contributed by atoms with Crippen molar-refractivity contribution in [2.75, 3.05) is 5.73 Å². The molecule has 0 spiro atoms. The minimum Gasteiger partial charge on any atom is -0.398 e.